The molecular weight excluding hydrogens is 354 g/mol. The predicted molar refractivity (Wildman–Crippen MR) is 95.8 cm³/mol. The molecule has 3 atom stereocenters. The van der Waals surface area contributed by atoms with Crippen molar-refractivity contribution in [3.63, 3.8) is 0 Å². The second-order valence-corrected chi connectivity index (χ2v) is 9.46. The lowest BCUT2D eigenvalue weighted by Crippen LogP contribution is -2.38. The lowest BCUT2D eigenvalue weighted by molar-refractivity contribution is 0.0779. The van der Waals surface area contributed by atoms with Crippen LogP contribution in [0.4, 0.5) is 0 Å². The summed E-state index contributed by atoms with van der Waals surface area (Å²) < 4.78 is 26.7. The molecule has 0 radical (unpaired) electrons. The van der Waals surface area contributed by atoms with Gasteiger partial charge in [0.25, 0.3) is 5.91 Å². The molecule has 0 spiro atoms. The summed E-state index contributed by atoms with van der Waals surface area (Å²) in [6, 6.07) is 7.16. The molecule has 9 heteroatoms. The van der Waals surface area contributed by atoms with Gasteiger partial charge in [0.05, 0.1) is 11.0 Å². The minimum Gasteiger partial charge on any atom is -0.337 e. The number of likely N-dealkylation sites (tertiary alicyclic amines) is 1. The summed E-state index contributed by atoms with van der Waals surface area (Å²) in [5, 5.41) is 7.09. The molecule has 26 heavy (non-hydrogen) atoms. The van der Waals surface area contributed by atoms with E-state index >= 15 is 0 Å². The van der Waals surface area contributed by atoms with Crippen LogP contribution in [-0.4, -0.2) is 83.1 Å². The van der Waals surface area contributed by atoms with Crippen molar-refractivity contribution < 1.29 is 13.2 Å². The van der Waals surface area contributed by atoms with Crippen LogP contribution in [0.25, 0.3) is 5.69 Å². The lowest BCUT2D eigenvalue weighted by atomic mass is 10.00. The van der Waals surface area contributed by atoms with E-state index in [0.29, 0.717) is 12.1 Å². The highest BCUT2D eigenvalue weighted by Gasteiger charge is 2.53. The van der Waals surface area contributed by atoms with Crippen molar-refractivity contribution in [1.82, 2.24) is 24.6 Å². The Labute approximate surface area is 152 Å². The maximum absolute atomic E-state index is 13.0. The fourth-order valence-corrected chi connectivity index (χ4v) is 6.52. The molecule has 0 saturated carbocycles. The van der Waals surface area contributed by atoms with Gasteiger partial charge in [-0.25, -0.2) is 8.42 Å². The Morgan fingerprint density at radius 2 is 1.92 bits per heavy atom. The number of sulfone groups is 1. The van der Waals surface area contributed by atoms with Crippen molar-refractivity contribution in [2.45, 2.75) is 11.3 Å². The molecule has 2 aliphatic rings. The van der Waals surface area contributed by atoms with E-state index in [-0.39, 0.29) is 30.2 Å². The van der Waals surface area contributed by atoms with E-state index < -0.39 is 15.1 Å². The third kappa shape index (κ3) is 2.80. The number of nitrogens with zero attached hydrogens (tertiary/aromatic N) is 5. The lowest BCUT2D eigenvalue weighted by Gasteiger charge is -2.25. The third-order valence-corrected chi connectivity index (χ3v) is 7.66. The van der Waals surface area contributed by atoms with Crippen LogP contribution < -0.4 is 0 Å². The molecular formula is C17H21N5O3S. The third-order valence-electron chi connectivity index (χ3n) is 5.43. The Balaban J connectivity index is 1.58. The van der Waals surface area contributed by atoms with Gasteiger partial charge >= 0.3 is 0 Å². The summed E-state index contributed by atoms with van der Waals surface area (Å²) in [5.74, 6) is 0.0162. The van der Waals surface area contributed by atoms with Crippen LogP contribution in [0, 0.1) is 5.92 Å². The SMILES string of the molecule is CN(C)[C@@H]1CS(=O)(=O)[C@H]2CN(C(=O)c3cccc(-n4cnnc4)c3)C[C@@H]12. The Morgan fingerprint density at radius 1 is 1.19 bits per heavy atom. The molecule has 1 aromatic heterocycles. The van der Waals surface area contributed by atoms with Gasteiger partial charge in [-0.2, -0.15) is 0 Å². The minimum atomic E-state index is -3.17. The molecule has 0 unspecified atom stereocenters. The Morgan fingerprint density at radius 3 is 2.62 bits per heavy atom. The van der Waals surface area contributed by atoms with E-state index in [0.717, 1.165) is 5.69 Å². The van der Waals surface area contributed by atoms with Crippen LogP contribution in [0.1, 0.15) is 10.4 Å². The quantitative estimate of drug-likeness (QED) is 0.754. The molecule has 2 saturated heterocycles. The fraction of sp³-hybridized carbons (Fsp3) is 0.471. The van der Waals surface area contributed by atoms with Gasteiger partial charge in [0.2, 0.25) is 0 Å². The summed E-state index contributed by atoms with van der Waals surface area (Å²) in [4.78, 5) is 16.6. The van der Waals surface area contributed by atoms with Crippen molar-refractivity contribution in [2.75, 3.05) is 32.9 Å². The van der Waals surface area contributed by atoms with E-state index in [4.69, 9.17) is 0 Å². The topological polar surface area (TPSA) is 88.4 Å². The summed E-state index contributed by atoms with van der Waals surface area (Å²) in [6.45, 7) is 0.746. The molecule has 2 fully saturated rings. The summed E-state index contributed by atoms with van der Waals surface area (Å²) in [7, 11) is 0.630. The Kier molecular flexibility index (Phi) is 4.07. The van der Waals surface area contributed by atoms with Crippen molar-refractivity contribution in [3.05, 3.63) is 42.5 Å². The van der Waals surface area contributed by atoms with E-state index in [1.54, 1.807) is 40.3 Å². The smallest absolute Gasteiger partial charge is 0.253 e. The zero-order valence-corrected chi connectivity index (χ0v) is 15.5. The van der Waals surface area contributed by atoms with Gasteiger partial charge in [0.1, 0.15) is 12.7 Å². The summed E-state index contributed by atoms with van der Waals surface area (Å²) in [5.41, 5.74) is 1.33. The molecule has 8 nitrogen and oxygen atoms in total. The van der Waals surface area contributed by atoms with Gasteiger partial charge in [0.15, 0.2) is 9.84 Å². The average Bonchev–Trinajstić information content (AvgIpc) is 3.32. The standard InChI is InChI=1S/C17H21N5O3S/c1-20(2)15-9-26(24,25)16-8-21(7-14(15)16)17(23)12-4-3-5-13(6-12)22-10-18-19-11-22/h3-6,10-11,14-16H,7-9H2,1-2H3/t14-,15+,16-/m0/s1. The number of aromatic nitrogens is 3. The number of hydrogen-bond donors (Lipinski definition) is 0. The van der Waals surface area contributed by atoms with Crippen LogP contribution in [-0.2, 0) is 9.84 Å². The van der Waals surface area contributed by atoms with Gasteiger partial charge in [-0.3, -0.25) is 9.36 Å². The minimum absolute atomic E-state index is 0.0278. The first-order valence-electron chi connectivity index (χ1n) is 8.49. The number of fused-ring (bicyclic) bond motifs is 1. The van der Waals surface area contributed by atoms with Crippen LogP contribution in [0.5, 0.6) is 0 Å². The normalized spacial score (nSPS) is 27.0. The first kappa shape index (κ1) is 17.2. The first-order valence-corrected chi connectivity index (χ1v) is 10.2. The first-order chi connectivity index (χ1) is 12.4. The van der Waals surface area contributed by atoms with Crippen molar-refractivity contribution in [1.29, 1.82) is 0 Å². The molecule has 1 amide bonds. The van der Waals surface area contributed by atoms with Crippen LogP contribution >= 0.6 is 0 Å². The largest absolute Gasteiger partial charge is 0.337 e. The molecule has 2 aliphatic heterocycles. The fourth-order valence-electron chi connectivity index (χ4n) is 4.05. The number of hydrogen-bond acceptors (Lipinski definition) is 6. The van der Waals surface area contributed by atoms with E-state index in [2.05, 4.69) is 10.2 Å². The van der Waals surface area contributed by atoms with Crippen LogP contribution in [0.3, 0.4) is 0 Å². The second kappa shape index (κ2) is 6.17. The highest BCUT2D eigenvalue weighted by molar-refractivity contribution is 7.92. The van der Waals surface area contributed by atoms with Crippen molar-refractivity contribution in [3.8, 4) is 5.69 Å². The Bertz CT molecular complexity index is 926. The van der Waals surface area contributed by atoms with Crippen molar-refractivity contribution >= 4 is 15.7 Å². The number of amides is 1. The molecule has 138 valence electrons. The molecule has 3 heterocycles. The predicted octanol–water partition coefficient (Wildman–Crippen LogP) is 0.0665. The van der Waals surface area contributed by atoms with Gasteiger partial charge in [-0.05, 0) is 32.3 Å². The maximum atomic E-state index is 13.0. The zero-order chi connectivity index (χ0) is 18.5. The van der Waals surface area contributed by atoms with Gasteiger partial charge in [-0.1, -0.05) is 6.07 Å². The molecule has 0 aliphatic carbocycles. The maximum Gasteiger partial charge on any atom is 0.253 e. The van der Waals surface area contributed by atoms with Gasteiger partial charge in [0, 0.05) is 36.3 Å². The number of carbonyl (C=O) groups excluding carboxylic acids is 1. The van der Waals surface area contributed by atoms with E-state index in [9.17, 15) is 13.2 Å². The van der Waals surface area contributed by atoms with Gasteiger partial charge in [-0.15, -0.1) is 10.2 Å². The molecule has 0 bridgehead atoms. The summed E-state index contributed by atoms with van der Waals surface area (Å²) in [6.07, 6.45) is 3.14. The molecule has 1 aromatic carbocycles. The highest BCUT2D eigenvalue weighted by atomic mass is 32.2. The monoisotopic (exact) mass is 375 g/mol. The highest BCUT2D eigenvalue weighted by Crippen LogP contribution is 2.36. The van der Waals surface area contributed by atoms with Gasteiger partial charge < -0.3 is 9.80 Å². The second-order valence-electron chi connectivity index (χ2n) is 7.19. The number of benzene rings is 1. The van der Waals surface area contributed by atoms with Crippen LogP contribution in [0.2, 0.25) is 0 Å². The molecule has 4 rings (SSSR count). The zero-order valence-electron chi connectivity index (χ0n) is 14.7. The van der Waals surface area contributed by atoms with E-state index in [1.165, 1.54) is 0 Å². The molecule has 0 N–H and O–H groups in total. The molecule has 2 aromatic rings. The van der Waals surface area contributed by atoms with E-state index in [1.807, 2.05) is 25.1 Å². The van der Waals surface area contributed by atoms with Crippen LogP contribution in [0.15, 0.2) is 36.9 Å². The Hall–Kier alpha value is -2.26. The number of carbonyl (C=O) groups is 1. The summed E-state index contributed by atoms with van der Waals surface area (Å²) >= 11 is 0. The average molecular weight is 375 g/mol. The number of rotatable bonds is 3. The van der Waals surface area contributed by atoms with Crippen molar-refractivity contribution in [2.24, 2.45) is 5.92 Å².